The summed E-state index contributed by atoms with van der Waals surface area (Å²) in [4.78, 5) is 12.8. The molecule has 1 N–H and O–H groups in total. The summed E-state index contributed by atoms with van der Waals surface area (Å²) in [5.41, 5.74) is 0.976. The smallest absolute Gasteiger partial charge is 0.265 e. The fourth-order valence-electron chi connectivity index (χ4n) is 2.80. The number of ether oxygens (including phenoxy) is 3. The first kappa shape index (κ1) is 18.6. The van der Waals surface area contributed by atoms with Crippen molar-refractivity contribution >= 4 is 11.6 Å². The molecule has 27 heavy (non-hydrogen) atoms. The summed E-state index contributed by atoms with van der Waals surface area (Å²) in [5, 5.41) is 12.1. The summed E-state index contributed by atoms with van der Waals surface area (Å²) in [6.07, 6.45) is -0.749. The van der Waals surface area contributed by atoms with Crippen molar-refractivity contribution in [2.45, 2.75) is 39.6 Å². The SMILES string of the molecule is CC(C)C(Oc1ccccc1C#N)C(=O)Nc1ccc2c(c1)OC(C)(C)O2. The van der Waals surface area contributed by atoms with Crippen LogP contribution in [0.5, 0.6) is 17.2 Å². The number of benzene rings is 2. The van der Waals surface area contributed by atoms with Crippen molar-refractivity contribution in [2.24, 2.45) is 5.92 Å². The van der Waals surface area contributed by atoms with Gasteiger partial charge in [0.05, 0.1) is 5.56 Å². The molecular formula is C21H22N2O4. The Morgan fingerprint density at radius 1 is 1.15 bits per heavy atom. The quantitative estimate of drug-likeness (QED) is 0.861. The zero-order valence-electron chi connectivity index (χ0n) is 15.8. The molecule has 0 spiro atoms. The number of carbonyl (C=O) groups is 1. The van der Waals surface area contributed by atoms with Gasteiger partial charge in [-0.1, -0.05) is 26.0 Å². The van der Waals surface area contributed by atoms with Gasteiger partial charge in [0, 0.05) is 25.6 Å². The third-order valence-corrected chi connectivity index (χ3v) is 4.05. The van der Waals surface area contributed by atoms with E-state index < -0.39 is 11.9 Å². The van der Waals surface area contributed by atoms with Gasteiger partial charge in [-0.05, 0) is 30.2 Å². The summed E-state index contributed by atoms with van der Waals surface area (Å²) in [7, 11) is 0. The zero-order valence-corrected chi connectivity index (χ0v) is 15.8. The van der Waals surface area contributed by atoms with Gasteiger partial charge < -0.3 is 19.5 Å². The predicted octanol–water partition coefficient (Wildman–Crippen LogP) is 4.11. The number of rotatable bonds is 5. The van der Waals surface area contributed by atoms with Crippen LogP contribution in [0.4, 0.5) is 5.69 Å². The Balaban J connectivity index is 1.76. The Kier molecular flexibility index (Phi) is 4.95. The minimum Gasteiger partial charge on any atom is -0.479 e. The molecule has 6 heteroatoms. The van der Waals surface area contributed by atoms with Crippen LogP contribution < -0.4 is 19.5 Å². The molecule has 1 unspecified atom stereocenters. The summed E-state index contributed by atoms with van der Waals surface area (Å²) in [5.74, 6) is 0.490. The molecule has 0 aliphatic carbocycles. The Bertz CT molecular complexity index is 899. The van der Waals surface area contributed by atoms with E-state index in [-0.39, 0.29) is 11.8 Å². The largest absolute Gasteiger partial charge is 0.479 e. The summed E-state index contributed by atoms with van der Waals surface area (Å²) in [6, 6.07) is 14.2. The number of para-hydroxylation sites is 1. The molecular weight excluding hydrogens is 344 g/mol. The van der Waals surface area contributed by atoms with Gasteiger partial charge in [-0.2, -0.15) is 5.26 Å². The number of hydrogen-bond donors (Lipinski definition) is 1. The van der Waals surface area contributed by atoms with E-state index in [1.165, 1.54) is 0 Å². The number of nitrogens with zero attached hydrogens (tertiary/aromatic N) is 1. The second-order valence-corrected chi connectivity index (χ2v) is 7.15. The molecule has 2 aromatic rings. The highest BCUT2D eigenvalue weighted by molar-refractivity contribution is 5.95. The number of hydrogen-bond acceptors (Lipinski definition) is 5. The van der Waals surface area contributed by atoms with Gasteiger partial charge in [-0.3, -0.25) is 4.79 Å². The number of carbonyl (C=O) groups excluding carboxylic acids is 1. The van der Waals surface area contributed by atoms with Gasteiger partial charge in [0.2, 0.25) is 5.79 Å². The monoisotopic (exact) mass is 366 g/mol. The molecule has 1 atom stereocenters. The summed E-state index contributed by atoms with van der Waals surface area (Å²) >= 11 is 0. The van der Waals surface area contributed by atoms with Crippen molar-refractivity contribution in [3.05, 3.63) is 48.0 Å². The molecule has 2 aromatic carbocycles. The molecule has 0 fully saturated rings. The zero-order chi connectivity index (χ0) is 19.6. The van der Waals surface area contributed by atoms with E-state index in [1.807, 2.05) is 27.7 Å². The number of nitriles is 1. The first-order chi connectivity index (χ1) is 12.8. The van der Waals surface area contributed by atoms with Crippen LogP contribution in [-0.4, -0.2) is 17.8 Å². The lowest BCUT2D eigenvalue weighted by atomic mass is 10.1. The van der Waals surface area contributed by atoms with Gasteiger partial charge in [-0.15, -0.1) is 0 Å². The van der Waals surface area contributed by atoms with Gasteiger partial charge in [0.25, 0.3) is 5.91 Å². The maximum atomic E-state index is 12.8. The van der Waals surface area contributed by atoms with E-state index in [2.05, 4.69) is 11.4 Å². The number of anilines is 1. The van der Waals surface area contributed by atoms with Crippen LogP contribution in [-0.2, 0) is 4.79 Å². The Hall–Kier alpha value is -3.20. The first-order valence-electron chi connectivity index (χ1n) is 8.78. The van der Waals surface area contributed by atoms with Crippen molar-refractivity contribution in [3.63, 3.8) is 0 Å². The van der Waals surface area contributed by atoms with Crippen molar-refractivity contribution in [1.82, 2.24) is 0 Å². The lowest BCUT2D eigenvalue weighted by Crippen LogP contribution is -2.37. The third-order valence-electron chi connectivity index (χ3n) is 4.05. The molecule has 0 radical (unpaired) electrons. The van der Waals surface area contributed by atoms with Crippen LogP contribution in [0, 0.1) is 17.2 Å². The highest BCUT2D eigenvalue weighted by atomic mass is 16.7. The second-order valence-electron chi connectivity index (χ2n) is 7.15. The van der Waals surface area contributed by atoms with Crippen LogP contribution in [0.15, 0.2) is 42.5 Å². The second kappa shape index (κ2) is 7.20. The Morgan fingerprint density at radius 2 is 1.85 bits per heavy atom. The number of nitrogens with one attached hydrogen (secondary N) is 1. The Labute approximate surface area is 158 Å². The molecule has 1 heterocycles. The number of fused-ring (bicyclic) bond motifs is 1. The van der Waals surface area contributed by atoms with Gasteiger partial charge in [-0.25, -0.2) is 0 Å². The molecule has 3 rings (SSSR count). The van der Waals surface area contributed by atoms with Crippen LogP contribution in [0.25, 0.3) is 0 Å². The van der Waals surface area contributed by atoms with E-state index in [4.69, 9.17) is 14.2 Å². The fourth-order valence-corrected chi connectivity index (χ4v) is 2.80. The molecule has 0 aromatic heterocycles. The van der Waals surface area contributed by atoms with Gasteiger partial charge >= 0.3 is 0 Å². The lowest BCUT2D eigenvalue weighted by molar-refractivity contribution is -0.124. The molecule has 6 nitrogen and oxygen atoms in total. The summed E-state index contributed by atoms with van der Waals surface area (Å²) in [6.45, 7) is 7.42. The topological polar surface area (TPSA) is 80.6 Å². The van der Waals surface area contributed by atoms with E-state index in [0.29, 0.717) is 28.5 Å². The minimum absolute atomic E-state index is 0.0929. The average molecular weight is 366 g/mol. The minimum atomic E-state index is -0.749. The maximum Gasteiger partial charge on any atom is 0.265 e. The van der Waals surface area contributed by atoms with E-state index >= 15 is 0 Å². The van der Waals surface area contributed by atoms with Crippen LogP contribution in [0.1, 0.15) is 33.3 Å². The molecule has 1 amide bonds. The maximum absolute atomic E-state index is 12.8. The Morgan fingerprint density at radius 3 is 2.56 bits per heavy atom. The van der Waals surface area contributed by atoms with Crippen LogP contribution >= 0.6 is 0 Å². The fraction of sp³-hybridized carbons (Fsp3) is 0.333. The van der Waals surface area contributed by atoms with E-state index in [9.17, 15) is 10.1 Å². The van der Waals surface area contributed by atoms with Crippen LogP contribution in [0.2, 0.25) is 0 Å². The first-order valence-corrected chi connectivity index (χ1v) is 8.78. The third kappa shape index (κ3) is 4.14. The highest BCUT2D eigenvalue weighted by Gasteiger charge is 2.32. The molecule has 0 saturated carbocycles. The van der Waals surface area contributed by atoms with Crippen molar-refractivity contribution in [1.29, 1.82) is 5.26 Å². The standard InChI is InChI=1S/C21H22N2O4/c1-13(2)19(25-16-8-6-5-7-14(16)12-22)20(24)23-15-9-10-17-18(11-15)27-21(3,4)26-17/h5-11,13,19H,1-4H3,(H,23,24). The van der Waals surface area contributed by atoms with Gasteiger partial charge in [0.15, 0.2) is 17.6 Å². The van der Waals surface area contributed by atoms with Gasteiger partial charge in [0.1, 0.15) is 11.8 Å². The van der Waals surface area contributed by atoms with E-state index in [1.54, 1.807) is 42.5 Å². The van der Waals surface area contributed by atoms with Crippen molar-refractivity contribution in [3.8, 4) is 23.3 Å². The normalized spacial score (nSPS) is 15.1. The molecule has 1 aliphatic rings. The average Bonchev–Trinajstić information content (AvgIpc) is 2.92. The van der Waals surface area contributed by atoms with E-state index in [0.717, 1.165) is 0 Å². The molecule has 0 bridgehead atoms. The highest BCUT2D eigenvalue weighted by Crippen LogP contribution is 2.40. The van der Waals surface area contributed by atoms with Crippen molar-refractivity contribution in [2.75, 3.05) is 5.32 Å². The van der Waals surface area contributed by atoms with Crippen LogP contribution in [0.3, 0.4) is 0 Å². The summed E-state index contributed by atoms with van der Waals surface area (Å²) < 4.78 is 17.2. The lowest BCUT2D eigenvalue weighted by Gasteiger charge is -2.22. The number of amides is 1. The molecule has 0 saturated heterocycles. The van der Waals surface area contributed by atoms with Crippen molar-refractivity contribution < 1.29 is 19.0 Å². The molecule has 1 aliphatic heterocycles. The molecule has 140 valence electrons. The predicted molar refractivity (Wildman–Crippen MR) is 101 cm³/mol.